The maximum Gasteiger partial charge on any atom is 0.0938 e. The zero-order chi connectivity index (χ0) is 10.0. The molecule has 14 heavy (non-hydrogen) atoms. The highest BCUT2D eigenvalue weighted by Gasteiger charge is 2.39. The molecule has 2 heterocycles. The summed E-state index contributed by atoms with van der Waals surface area (Å²) in [7, 11) is 0. The zero-order valence-corrected chi connectivity index (χ0v) is 8.75. The van der Waals surface area contributed by atoms with E-state index in [9.17, 15) is 5.11 Å². The van der Waals surface area contributed by atoms with Crippen LogP contribution in [0.25, 0.3) is 0 Å². The van der Waals surface area contributed by atoms with Crippen molar-refractivity contribution in [2.45, 2.75) is 31.8 Å². The molecular weight excluding hydrogens is 178 g/mol. The molecule has 2 atom stereocenters. The van der Waals surface area contributed by atoms with Crippen LogP contribution in [0.15, 0.2) is 11.8 Å². The van der Waals surface area contributed by atoms with Gasteiger partial charge in [-0.05, 0) is 31.4 Å². The molecule has 3 heteroatoms. The number of hydrogen-bond donors (Lipinski definition) is 2. The minimum Gasteiger partial charge on any atom is -0.501 e. The fourth-order valence-electron chi connectivity index (χ4n) is 2.37. The monoisotopic (exact) mass is 197 g/mol. The van der Waals surface area contributed by atoms with Gasteiger partial charge in [-0.3, -0.25) is 0 Å². The van der Waals surface area contributed by atoms with Crippen molar-refractivity contribution in [1.82, 2.24) is 5.32 Å². The molecule has 0 spiro atoms. The van der Waals surface area contributed by atoms with E-state index < -0.39 is 5.60 Å². The van der Waals surface area contributed by atoms with Crippen LogP contribution in [0, 0.1) is 5.92 Å². The van der Waals surface area contributed by atoms with Gasteiger partial charge >= 0.3 is 0 Å². The lowest BCUT2D eigenvalue weighted by atomic mass is 9.76. The molecule has 0 saturated carbocycles. The molecule has 2 N–H and O–H groups in total. The molecule has 80 valence electrons. The molecule has 0 aromatic carbocycles. The van der Waals surface area contributed by atoms with Crippen LogP contribution in [0.5, 0.6) is 0 Å². The first-order chi connectivity index (χ1) is 6.73. The number of rotatable bonds is 1. The molecule has 1 saturated heterocycles. The highest BCUT2D eigenvalue weighted by atomic mass is 16.5. The Morgan fingerprint density at radius 2 is 2.50 bits per heavy atom. The van der Waals surface area contributed by atoms with E-state index in [4.69, 9.17) is 4.74 Å². The van der Waals surface area contributed by atoms with Gasteiger partial charge in [0.1, 0.15) is 0 Å². The second-order valence-electron chi connectivity index (χ2n) is 4.40. The van der Waals surface area contributed by atoms with Gasteiger partial charge in [-0.2, -0.15) is 0 Å². The third kappa shape index (κ3) is 1.66. The Hall–Kier alpha value is -0.540. The number of nitrogens with one attached hydrogen (secondary N) is 1. The van der Waals surface area contributed by atoms with Gasteiger partial charge in [0.25, 0.3) is 0 Å². The minimum atomic E-state index is -0.619. The van der Waals surface area contributed by atoms with Gasteiger partial charge in [0, 0.05) is 12.5 Å². The highest BCUT2D eigenvalue weighted by molar-refractivity contribution is 5.19. The lowest BCUT2D eigenvalue weighted by molar-refractivity contribution is -0.00923. The van der Waals surface area contributed by atoms with Crippen LogP contribution >= 0.6 is 0 Å². The number of hydrogen-bond acceptors (Lipinski definition) is 3. The van der Waals surface area contributed by atoms with E-state index in [0.29, 0.717) is 0 Å². The third-order valence-electron chi connectivity index (χ3n) is 3.44. The van der Waals surface area contributed by atoms with E-state index in [-0.39, 0.29) is 5.92 Å². The van der Waals surface area contributed by atoms with Crippen molar-refractivity contribution < 1.29 is 9.84 Å². The Morgan fingerprint density at radius 3 is 3.14 bits per heavy atom. The Bertz CT molecular complexity index is 239. The predicted octanol–water partition coefficient (Wildman–Crippen LogP) is 1.04. The molecule has 0 radical (unpaired) electrons. The quantitative estimate of drug-likeness (QED) is 0.660. The smallest absolute Gasteiger partial charge is 0.0938 e. The average molecular weight is 197 g/mol. The van der Waals surface area contributed by atoms with Crippen LogP contribution in [0.2, 0.25) is 0 Å². The van der Waals surface area contributed by atoms with Crippen molar-refractivity contribution in [2.24, 2.45) is 5.92 Å². The first-order valence-corrected chi connectivity index (χ1v) is 5.48. The molecule has 3 nitrogen and oxygen atoms in total. The molecule has 2 aliphatic heterocycles. The minimum absolute atomic E-state index is 0.282. The lowest BCUT2D eigenvalue weighted by Gasteiger charge is -2.41. The second kappa shape index (κ2) is 3.91. The zero-order valence-electron chi connectivity index (χ0n) is 8.75. The number of ether oxygens (including phenoxy) is 1. The first kappa shape index (κ1) is 9.99. The first-order valence-electron chi connectivity index (χ1n) is 5.48. The summed E-state index contributed by atoms with van der Waals surface area (Å²) < 4.78 is 5.31. The van der Waals surface area contributed by atoms with E-state index in [1.165, 1.54) is 0 Å². The van der Waals surface area contributed by atoms with Crippen LogP contribution in [0.1, 0.15) is 26.2 Å². The molecule has 2 rings (SSSR count). The summed E-state index contributed by atoms with van der Waals surface area (Å²) in [6, 6.07) is 0. The summed E-state index contributed by atoms with van der Waals surface area (Å²) in [6.45, 7) is 4.69. The van der Waals surface area contributed by atoms with Crippen molar-refractivity contribution in [3.63, 3.8) is 0 Å². The SMILES string of the molecule is CC1CNCCC1(O)C1=COCCC1. The maximum atomic E-state index is 10.6. The Balaban J connectivity index is 2.15. The Labute approximate surface area is 85.1 Å². The average Bonchev–Trinajstić information content (AvgIpc) is 2.24. The highest BCUT2D eigenvalue weighted by Crippen LogP contribution is 2.35. The molecular formula is C11H19NO2. The molecule has 0 amide bonds. The summed E-state index contributed by atoms with van der Waals surface area (Å²) in [5, 5.41) is 13.9. The number of piperidine rings is 1. The van der Waals surface area contributed by atoms with Crippen molar-refractivity contribution in [2.75, 3.05) is 19.7 Å². The van der Waals surface area contributed by atoms with E-state index in [1.807, 2.05) is 0 Å². The van der Waals surface area contributed by atoms with Crippen molar-refractivity contribution in [1.29, 1.82) is 0 Å². The molecule has 0 bridgehead atoms. The normalized spacial score (nSPS) is 38.7. The van der Waals surface area contributed by atoms with Gasteiger partial charge in [0.15, 0.2) is 0 Å². The van der Waals surface area contributed by atoms with Crippen LogP contribution < -0.4 is 5.32 Å². The van der Waals surface area contributed by atoms with Crippen molar-refractivity contribution in [3.05, 3.63) is 11.8 Å². The fourth-order valence-corrected chi connectivity index (χ4v) is 2.37. The predicted molar refractivity (Wildman–Crippen MR) is 54.9 cm³/mol. The van der Waals surface area contributed by atoms with Crippen LogP contribution in [0.3, 0.4) is 0 Å². The lowest BCUT2D eigenvalue weighted by Crippen LogP contribution is -2.50. The van der Waals surface area contributed by atoms with Gasteiger partial charge in [-0.15, -0.1) is 0 Å². The van der Waals surface area contributed by atoms with Crippen LogP contribution in [-0.4, -0.2) is 30.4 Å². The van der Waals surface area contributed by atoms with Crippen LogP contribution in [0.4, 0.5) is 0 Å². The van der Waals surface area contributed by atoms with Gasteiger partial charge in [-0.25, -0.2) is 0 Å². The summed E-state index contributed by atoms with van der Waals surface area (Å²) in [5.74, 6) is 0.282. The second-order valence-corrected chi connectivity index (χ2v) is 4.40. The van der Waals surface area contributed by atoms with Crippen LogP contribution in [-0.2, 0) is 4.74 Å². The molecule has 0 aromatic heterocycles. The Morgan fingerprint density at radius 1 is 1.64 bits per heavy atom. The Kier molecular flexibility index (Phi) is 2.79. The third-order valence-corrected chi connectivity index (χ3v) is 3.44. The van der Waals surface area contributed by atoms with Gasteiger partial charge in [-0.1, -0.05) is 6.92 Å². The van der Waals surface area contributed by atoms with E-state index >= 15 is 0 Å². The fraction of sp³-hybridized carbons (Fsp3) is 0.818. The van der Waals surface area contributed by atoms with Gasteiger partial charge in [0.2, 0.25) is 0 Å². The largest absolute Gasteiger partial charge is 0.501 e. The van der Waals surface area contributed by atoms with Gasteiger partial charge < -0.3 is 15.2 Å². The van der Waals surface area contributed by atoms with Crippen molar-refractivity contribution >= 4 is 0 Å². The van der Waals surface area contributed by atoms with Gasteiger partial charge in [0.05, 0.1) is 18.5 Å². The topological polar surface area (TPSA) is 41.5 Å². The molecule has 2 aliphatic rings. The standard InChI is InChI=1S/C11H19NO2/c1-9-7-12-5-4-11(9,13)10-3-2-6-14-8-10/h8-9,12-13H,2-7H2,1H3. The summed E-state index contributed by atoms with van der Waals surface area (Å²) in [5.41, 5.74) is 0.476. The maximum absolute atomic E-state index is 10.6. The summed E-state index contributed by atoms with van der Waals surface area (Å²) in [6.07, 6.45) is 4.61. The van der Waals surface area contributed by atoms with E-state index in [1.54, 1.807) is 6.26 Å². The van der Waals surface area contributed by atoms with E-state index in [0.717, 1.165) is 44.5 Å². The molecule has 0 aliphatic carbocycles. The molecule has 0 aromatic rings. The molecule has 2 unspecified atom stereocenters. The molecule has 1 fully saturated rings. The van der Waals surface area contributed by atoms with E-state index in [2.05, 4.69) is 12.2 Å². The number of aliphatic hydroxyl groups is 1. The summed E-state index contributed by atoms with van der Waals surface area (Å²) >= 11 is 0. The van der Waals surface area contributed by atoms with Crippen molar-refractivity contribution in [3.8, 4) is 0 Å². The summed E-state index contributed by atoms with van der Waals surface area (Å²) in [4.78, 5) is 0.